The summed E-state index contributed by atoms with van der Waals surface area (Å²) < 4.78 is 4.52. The molecule has 0 aliphatic carbocycles. The maximum atomic E-state index is 6.03. The van der Waals surface area contributed by atoms with Gasteiger partial charge in [-0.25, -0.2) is 9.97 Å². The maximum Gasteiger partial charge on any atom is 0.207 e. The van der Waals surface area contributed by atoms with Gasteiger partial charge in [0.2, 0.25) is 5.95 Å². The molecule has 0 atom stereocenters. The number of halogens is 3. The second-order valence-electron chi connectivity index (χ2n) is 3.87. The Hall–Kier alpha value is -0.920. The zero-order chi connectivity index (χ0) is 13.6. The Morgan fingerprint density at radius 2 is 1.79 bits per heavy atom. The monoisotopic (exact) mass is 444 g/mol. The number of nitrogens with zero attached hydrogens (tertiary/aromatic N) is 3. The van der Waals surface area contributed by atoms with E-state index in [1.54, 1.807) is 6.20 Å². The molecule has 0 aliphatic rings. The number of benzene rings is 1. The molecule has 0 unspecified atom stereocenters. The summed E-state index contributed by atoms with van der Waals surface area (Å²) in [7, 11) is 0. The van der Waals surface area contributed by atoms with Crippen LogP contribution < -0.4 is 5.73 Å². The van der Waals surface area contributed by atoms with E-state index in [0.29, 0.717) is 11.6 Å². The summed E-state index contributed by atoms with van der Waals surface area (Å²) in [6, 6.07) is 7.73. The lowest BCUT2D eigenvalue weighted by atomic mass is 10.3. The SMILES string of the molecule is Nc1nc2cc(Br)cnc2n1-c1c(Br)cccc1Br. The predicted octanol–water partition coefficient (Wildman–Crippen LogP) is 4.29. The van der Waals surface area contributed by atoms with Gasteiger partial charge in [0.1, 0.15) is 5.52 Å². The molecule has 4 nitrogen and oxygen atoms in total. The Kier molecular flexibility index (Phi) is 3.36. The van der Waals surface area contributed by atoms with Crippen molar-refractivity contribution >= 4 is 64.9 Å². The molecule has 0 saturated carbocycles. The lowest BCUT2D eigenvalue weighted by molar-refractivity contribution is 1.07. The van der Waals surface area contributed by atoms with Gasteiger partial charge >= 0.3 is 0 Å². The fourth-order valence-electron chi connectivity index (χ4n) is 1.88. The molecule has 3 aromatic rings. The zero-order valence-corrected chi connectivity index (χ0v) is 14.2. The number of nitrogen functional groups attached to an aromatic ring is 1. The van der Waals surface area contributed by atoms with Crippen LogP contribution in [0.5, 0.6) is 0 Å². The lowest BCUT2D eigenvalue weighted by Gasteiger charge is -2.10. The Labute approximate surface area is 134 Å². The van der Waals surface area contributed by atoms with Gasteiger partial charge in [-0.15, -0.1) is 0 Å². The Morgan fingerprint density at radius 1 is 1.11 bits per heavy atom. The fourth-order valence-corrected chi connectivity index (χ4v) is 3.55. The number of rotatable bonds is 1. The van der Waals surface area contributed by atoms with Crippen molar-refractivity contribution in [1.82, 2.24) is 14.5 Å². The Bertz CT molecular complexity index is 762. The molecular formula is C12H7Br3N4. The predicted molar refractivity (Wildman–Crippen MR) is 86.4 cm³/mol. The van der Waals surface area contributed by atoms with E-state index < -0.39 is 0 Å². The Morgan fingerprint density at radius 3 is 2.47 bits per heavy atom. The molecule has 0 spiro atoms. The molecule has 2 N–H and O–H groups in total. The van der Waals surface area contributed by atoms with Gasteiger partial charge in [0.25, 0.3) is 0 Å². The lowest BCUT2D eigenvalue weighted by Crippen LogP contribution is -2.03. The molecule has 3 rings (SSSR count). The van der Waals surface area contributed by atoms with Crippen molar-refractivity contribution in [1.29, 1.82) is 0 Å². The van der Waals surface area contributed by atoms with Crippen molar-refractivity contribution in [2.24, 2.45) is 0 Å². The number of nitrogens with two attached hydrogens (primary N) is 1. The van der Waals surface area contributed by atoms with E-state index in [0.717, 1.165) is 24.6 Å². The molecule has 7 heteroatoms. The van der Waals surface area contributed by atoms with Gasteiger partial charge < -0.3 is 5.73 Å². The summed E-state index contributed by atoms with van der Waals surface area (Å²) >= 11 is 10.4. The standard InChI is InChI=1S/C12H7Br3N4/c13-6-4-9-11(17-5-6)19(12(16)18-9)10-7(14)2-1-3-8(10)15/h1-5H,(H2,16,18). The van der Waals surface area contributed by atoms with Gasteiger partial charge in [0.15, 0.2) is 5.65 Å². The van der Waals surface area contributed by atoms with Gasteiger partial charge in [-0.1, -0.05) is 6.07 Å². The van der Waals surface area contributed by atoms with Crippen molar-refractivity contribution in [2.45, 2.75) is 0 Å². The third kappa shape index (κ3) is 2.19. The number of anilines is 1. The highest BCUT2D eigenvalue weighted by Gasteiger charge is 2.16. The van der Waals surface area contributed by atoms with Crippen molar-refractivity contribution in [3.8, 4) is 5.69 Å². The van der Waals surface area contributed by atoms with Gasteiger partial charge in [-0.05, 0) is 66.0 Å². The third-order valence-electron chi connectivity index (χ3n) is 2.65. The summed E-state index contributed by atoms with van der Waals surface area (Å²) in [5.41, 5.74) is 8.38. The van der Waals surface area contributed by atoms with Gasteiger partial charge in [-0.2, -0.15) is 0 Å². The molecule has 1 aromatic carbocycles. The van der Waals surface area contributed by atoms with Gasteiger partial charge in [-0.3, -0.25) is 4.57 Å². The number of pyridine rings is 1. The quantitative estimate of drug-likeness (QED) is 0.606. The molecule has 0 fully saturated rings. The minimum Gasteiger partial charge on any atom is -0.369 e. The maximum absolute atomic E-state index is 6.03. The van der Waals surface area contributed by atoms with Crippen LogP contribution in [0.25, 0.3) is 16.9 Å². The number of para-hydroxylation sites is 1. The van der Waals surface area contributed by atoms with E-state index in [1.165, 1.54) is 0 Å². The Balaban J connectivity index is 2.40. The van der Waals surface area contributed by atoms with Crippen LogP contribution >= 0.6 is 47.8 Å². The summed E-state index contributed by atoms with van der Waals surface area (Å²) in [6.45, 7) is 0. The highest BCUT2D eigenvalue weighted by atomic mass is 79.9. The first-order valence-corrected chi connectivity index (χ1v) is 7.69. The van der Waals surface area contributed by atoms with Crippen LogP contribution in [-0.2, 0) is 0 Å². The third-order valence-corrected chi connectivity index (χ3v) is 4.36. The summed E-state index contributed by atoms with van der Waals surface area (Å²) in [5.74, 6) is 0.396. The smallest absolute Gasteiger partial charge is 0.207 e. The molecule has 0 aliphatic heterocycles. The van der Waals surface area contributed by atoms with Gasteiger partial charge in [0.05, 0.1) is 5.69 Å². The topological polar surface area (TPSA) is 56.7 Å². The van der Waals surface area contributed by atoms with Crippen LogP contribution in [0.4, 0.5) is 5.95 Å². The number of fused-ring (bicyclic) bond motifs is 1. The minimum atomic E-state index is 0.396. The number of hydrogen-bond donors (Lipinski definition) is 1. The first-order chi connectivity index (χ1) is 9.08. The van der Waals surface area contributed by atoms with Crippen LogP contribution in [0.15, 0.2) is 43.9 Å². The molecule has 2 aromatic heterocycles. The van der Waals surface area contributed by atoms with Crippen molar-refractivity contribution in [3.05, 3.63) is 43.9 Å². The zero-order valence-electron chi connectivity index (χ0n) is 9.44. The first kappa shape index (κ1) is 13.1. The molecule has 0 saturated heterocycles. The van der Waals surface area contributed by atoms with Crippen molar-refractivity contribution < 1.29 is 0 Å². The molecule has 96 valence electrons. The van der Waals surface area contributed by atoms with Crippen LogP contribution in [0.2, 0.25) is 0 Å². The molecule has 19 heavy (non-hydrogen) atoms. The van der Waals surface area contributed by atoms with E-state index in [1.807, 2.05) is 28.8 Å². The van der Waals surface area contributed by atoms with Crippen LogP contribution in [0.3, 0.4) is 0 Å². The molecule has 0 radical (unpaired) electrons. The summed E-state index contributed by atoms with van der Waals surface area (Å²) in [4.78, 5) is 8.73. The first-order valence-electron chi connectivity index (χ1n) is 5.32. The number of hydrogen-bond acceptors (Lipinski definition) is 3. The molecular weight excluding hydrogens is 440 g/mol. The van der Waals surface area contributed by atoms with Crippen LogP contribution in [-0.4, -0.2) is 14.5 Å². The largest absolute Gasteiger partial charge is 0.369 e. The van der Waals surface area contributed by atoms with Crippen LogP contribution in [0.1, 0.15) is 0 Å². The van der Waals surface area contributed by atoms with Crippen molar-refractivity contribution in [2.75, 3.05) is 5.73 Å². The molecule has 2 heterocycles. The second kappa shape index (κ2) is 4.88. The molecule has 0 bridgehead atoms. The average Bonchev–Trinajstić information content (AvgIpc) is 2.65. The van der Waals surface area contributed by atoms with E-state index in [9.17, 15) is 0 Å². The van der Waals surface area contributed by atoms with E-state index in [4.69, 9.17) is 5.73 Å². The number of imidazole rings is 1. The minimum absolute atomic E-state index is 0.396. The van der Waals surface area contributed by atoms with Crippen LogP contribution in [0, 0.1) is 0 Å². The molecule has 0 amide bonds. The average molecular weight is 447 g/mol. The van der Waals surface area contributed by atoms with Crippen molar-refractivity contribution in [3.63, 3.8) is 0 Å². The van der Waals surface area contributed by atoms with E-state index >= 15 is 0 Å². The normalized spacial score (nSPS) is 11.1. The van der Waals surface area contributed by atoms with Gasteiger partial charge in [0, 0.05) is 19.6 Å². The van der Waals surface area contributed by atoms with E-state index in [2.05, 4.69) is 57.8 Å². The fraction of sp³-hybridized carbons (Fsp3) is 0. The highest BCUT2D eigenvalue weighted by Crippen LogP contribution is 2.33. The number of aromatic nitrogens is 3. The second-order valence-corrected chi connectivity index (χ2v) is 6.50. The summed E-state index contributed by atoms with van der Waals surface area (Å²) in [6.07, 6.45) is 1.73. The van der Waals surface area contributed by atoms with E-state index in [-0.39, 0.29) is 0 Å². The summed E-state index contributed by atoms with van der Waals surface area (Å²) in [5, 5.41) is 0. The highest BCUT2D eigenvalue weighted by molar-refractivity contribution is 9.11.